The highest BCUT2D eigenvalue weighted by Gasteiger charge is 2.20. The smallest absolute Gasteiger partial charge is 0.319 e. The van der Waals surface area contributed by atoms with Crippen LogP contribution in [0.2, 0.25) is 0 Å². The molecule has 0 amide bonds. The van der Waals surface area contributed by atoms with Gasteiger partial charge in [-0.05, 0) is 18.6 Å². The second-order valence-electron chi connectivity index (χ2n) is 3.21. The molecule has 1 aromatic rings. The van der Waals surface area contributed by atoms with Gasteiger partial charge in [0.15, 0.2) is 5.75 Å². The highest BCUT2D eigenvalue weighted by molar-refractivity contribution is 5.88. The molecule has 8 heteroatoms. The van der Waals surface area contributed by atoms with Gasteiger partial charge in [0.1, 0.15) is 0 Å². The predicted molar refractivity (Wildman–Crippen MR) is 62.1 cm³/mol. The number of benzene rings is 1. The third-order valence-corrected chi connectivity index (χ3v) is 1.96. The standard InChI is InChI=1S/C9H11N5O3/c1-5-2-3-6(4-12-13-9(10)11)7(8(5)15)14(16)17/h2-4,15H,1H3,(H4,10,11,13). The first kappa shape index (κ1) is 12.4. The van der Waals surface area contributed by atoms with Gasteiger partial charge in [0.2, 0.25) is 5.96 Å². The van der Waals surface area contributed by atoms with Gasteiger partial charge in [0, 0.05) is 0 Å². The number of hydrogen-bond donors (Lipinski definition) is 4. The molecule has 0 saturated carbocycles. The summed E-state index contributed by atoms with van der Waals surface area (Å²) in [5, 5.41) is 30.7. The normalized spacial score (nSPS) is 10.4. The summed E-state index contributed by atoms with van der Waals surface area (Å²) in [6.45, 7) is 1.55. The van der Waals surface area contributed by atoms with Crippen molar-refractivity contribution in [1.82, 2.24) is 5.43 Å². The van der Waals surface area contributed by atoms with Gasteiger partial charge in [-0.25, -0.2) is 5.43 Å². The van der Waals surface area contributed by atoms with E-state index in [1.54, 1.807) is 6.92 Å². The van der Waals surface area contributed by atoms with Crippen molar-refractivity contribution < 1.29 is 10.0 Å². The van der Waals surface area contributed by atoms with E-state index in [1.165, 1.54) is 12.1 Å². The first-order chi connectivity index (χ1) is 7.93. The Morgan fingerprint density at radius 2 is 2.35 bits per heavy atom. The van der Waals surface area contributed by atoms with Crippen molar-refractivity contribution >= 4 is 17.9 Å². The van der Waals surface area contributed by atoms with Crippen molar-refractivity contribution in [2.75, 3.05) is 0 Å². The summed E-state index contributed by atoms with van der Waals surface area (Å²) in [6.07, 6.45) is 1.11. The molecule has 1 rings (SSSR count). The van der Waals surface area contributed by atoms with Crippen molar-refractivity contribution in [3.63, 3.8) is 0 Å². The lowest BCUT2D eigenvalue weighted by Crippen LogP contribution is -2.25. The summed E-state index contributed by atoms with van der Waals surface area (Å²) < 4.78 is 0. The van der Waals surface area contributed by atoms with Crippen LogP contribution in [0.4, 0.5) is 5.69 Å². The molecule has 8 nitrogen and oxygen atoms in total. The number of guanidine groups is 1. The van der Waals surface area contributed by atoms with E-state index in [-0.39, 0.29) is 11.5 Å². The van der Waals surface area contributed by atoms with Crippen LogP contribution in [0.1, 0.15) is 11.1 Å². The average molecular weight is 237 g/mol. The van der Waals surface area contributed by atoms with Gasteiger partial charge in [-0.1, -0.05) is 6.07 Å². The lowest BCUT2D eigenvalue weighted by Gasteiger charge is -2.02. The molecule has 5 N–H and O–H groups in total. The number of hydrogen-bond acceptors (Lipinski definition) is 5. The lowest BCUT2D eigenvalue weighted by atomic mass is 10.1. The van der Waals surface area contributed by atoms with Crippen LogP contribution < -0.4 is 11.2 Å². The van der Waals surface area contributed by atoms with E-state index in [0.717, 1.165) is 6.21 Å². The zero-order chi connectivity index (χ0) is 13.0. The second-order valence-corrected chi connectivity index (χ2v) is 3.21. The molecule has 1 aromatic carbocycles. The highest BCUT2D eigenvalue weighted by Crippen LogP contribution is 2.31. The zero-order valence-corrected chi connectivity index (χ0v) is 8.97. The minimum Gasteiger partial charge on any atom is -0.502 e. The number of aryl methyl sites for hydroxylation is 1. The van der Waals surface area contributed by atoms with E-state index in [9.17, 15) is 15.2 Å². The largest absolute Gasteiger partial charge is 0.502 e. The fourth-order valence-corrected chi connectivity index (χ4v) is 1.16. The number of phenols is 1. The van der Waals surface area contributed by atoms with E-state index in [4.69, 9.17) is 11.1 Å². The fourth-order valence-electron chi connectivity index (χ4n) is 1.16. The maximum absolute atomic E-state index is 10.8. The first-order valence-corrected chi connectivity index (χ1v) is 4.53. The van der Waals surface area contributed by atoms with Gasteiger partial charge in [-0.3, -0.25) is 15.5 Å². The monoisotopic (exact) mass is 237 g/mol. The van der Waals surface area contributed by atoms with Crippen molar-refractivity contribution in [3.8, 4) is 5.75 Å². The summed E-state index contributed by atoms with van der Waals surface area (Å²) in [7, 11) is 0. The number of nitro groups is 1. The Morgan fingerprint density at radius 3 is 2.88 bits per heavy atom. The summed E-state index contributed by atoms with van der Waals surface area (Å²) in [6, 6.07) is 2.97. The molecule has 0 unspecified atom stereocenters. The third kappa shape index (κ3) is 2.91. The second kappa shape index (κ2) is 4.92. The molecule has 0 bridgehead atoms. The van der Waals surface area contributed by atoms with Crippen LogP contribution in [0.15, 0.2) is 17.2 Å². The van der Waals surface area contributed by atoms with Gasteiger partial charge in [0.05, 0.1) is 16.7 Å². The number of nitrogens with one attached hydrogen (secondary N) is 2. The summed E-state index contributed by atoms with van der Waals surface area (Å²) >= 11 is 0. The quantitative estimate of drug-likeness (QED) is 0.261. The first-order valence-electron chi connectivity index (χ1n) is 4.53. The highest BCUT2D eigenvalue weighted by atomic mass is 16.6. The third-order valence-electron chi connectivity index (χ3n) is 1.96. The summed E-state index contributed by atoms with van der Waals surface area (Å²) in [4.78, 5) is 10.1. The van der Waals surface area contributed by atoms with Crippen LogP contribution in [0, 0.1) is 22.4 Å². The van der Waals surface area contributed by atoms with Gasteiger partial charge >= 0.3 is 5.69 Å². The number of nitro benzene ring substituents is 1. The fraction of sp³-hybridized carbons (Fsp3) is 0.111. The number of nitrogens with zero attached hydrogens (tertiary/aromatic N) is 2. The van der Waals surface area contributed by atoms with E-state index in [1.807, 2.05) is 0 Å². The molecule has 0 atom stereocenters. The molecule has 0 spiro atoms. The maximum Gasteiger partial charge on any atom is 0.319 e. The summed E-state index contributed by atoms with van der Waals surface area (Å²) in [5.74, 6) is -0.790. The molecule has 90 valence electrons. The van der Waals surface area contributed by atoms with Gasteiger partial charge < -0.3 is 10.8 Å². The van der Waals surface area contributed by atoms with Gasteiger partial charge in [-0.2, -0.15) is 5.10 Å². The van der Waals surface area contributed by atoms with E-state index in [2.05, 4.69) is 10.5 Å². The average Bonchev–Trinajstić information content (AvgIpc) is 2.22. The molecule has 17 heavy (non-hydrogen) atoms. The van der Waals surface area contributed by atoms with Crippen LogP contribution >= 0.6 is 0 Å². The van der Waals surface area contributed by atoms with Crippen molar-refractivity contribution in [2.45, 2.75) is 6.92 Å². The number of aromatic hydroxyl groups is 1. The molecule has 0 aromatic heterocycles. The van der Waals surface area contributed by atoms with Crippen LogP contribution in [-0.4, -0.2) is 22.2 Å². The number of rotatable bonds is 3. The van der Waals surface area contributed by atoms with E-state index >= 15 is 0 Å². The Morgan fingerprint density at radius 1 is 1.71 bits per heavy atom. The van der Waals surface area contributed by atoms with Gasteiger partial charge in [-0.15, -0.1) is 0 Å². The molecule has 0 radical (unpaired) electrons. The maximum atomic E-state index is 10.8. The Balaban J connectivity index is 3.16. The van der Waals surface area contributed by atoms with E-state index < -0.39 is 16.4 Å². The van der Waals surface area contributed by atoms with Gasteiger partial charge in [0.25, 0.3) is 0 Å². The Kier molecular flexibility index (Phi) is 3.60. The summed E-state index contributed by atoms with van der Waals surface area (Å²) in [5.41, 5.74) is 7.19. The SMILES string of the molecule is Cc1ccc(C=NNC(=N)N)c([N+](=O)[O-])c1O. The Hall–Kier alpha value is -2.64. The molecular weight excluding hydrogens is 226 g/mol. The van der Waals surface area contributed by atoms with Crippen molar-refractivity contribution in [2.24, 2.45) is 10.8 Å². The number of hydrazone groups is 1. The minimum atomic E-state index is -0.697. The van der Waals surface area contributed by atoms with Crippen molar-refractivity contribution in [3.05, 3.63) is 33.4 Å². The van der Waals surface area contributed by atoms with Crippen LogP contribution in [0.25, 0.3) is 0 Å². The van der Waals surface area contributed by atoms with Crippen LogP contribution in [0.3, 0.4) is 0 Å². The molecule has 0 aliphatic carbocycles. The molecule has 0 aliphatic heterocycles. The number of nitrogens with two attached hydrogens (primary N) is 1. The Bertz CT molecular complexity index is 498. The predicted octanol–water partition coefficient (Wildman–Crippen LogP) is 0.426. The molecule has 0 saturated heterocycles. The zero-order valence-electron chi connectivity index (χ0n) is 8.97. The lowest BCUT2D eigenvalue weighted by molar-refractivity contribution is -0.386. The Labute approximate surface area is 96.4 Å². The molecule has 0 heterocycles. The van der Waals surface area contributed by atoms with Crippen molar-refractivity contribution in [1.29, 1.82) is 5.41 Å². The molecular formula is C9H11N5O3. The van der Waals surface area contributed by atoms with Crippen LogP contribution in [0.5, 0.6) is 5.75 Å². The van der Waals surface area contributed by atoms with Crippen LogP contribution in [-0.2, 0) is 0 Å². The van der Waals surface area contributed by atoms with E-state index in [0.29, 0.717) is 5.56 Å². The molecule has 0 fully saturated rings. The number of phenolic OH excluding ortho intramolecular Hbond substituents is 1. The topological polar surface area (TPSA) is 138 Å². The minimum absolute atomic E-state index is 0.117. The molecule has 0 aliphatic rings.